The van der Waals surface area contributed by atoms with Crippen molar-refractivity contribution in [3.63, 3.8) is 0 Å². The predicted molar refractivity (Wildman–Crippen MR) is 75.9 cm³/mol. The lowest BCUT2D eigenvalue weighted by Crippen LogP contribution is -2.62. The van der Waals surface area contributed by atoms with E-state index in [0.717, 1.165) is 12.1 Å². The number of alkyl halides is 9. The minimum absolute atomic E-state index is 0.353. The Morgan fingerprint density at radius 1 is 0.808 bits per heavy atom. The van der Waals surface area contributed by atoms with E-state index in [-0.39, 0.29) is 5.56 Å². The van der Waals surface area contributed by atoms with Gasteiger partial charge < -0.3 is 10.0 Å². The summed E-state index contributed by atoms with van der Waals surface area (Å²) in [5, 5.41) is 10.0. The molecule has 1 N–H and O–H groups in total. The number of hydrogen-bond acceptors (Lipinski definition) is 2. The van der Waals surface area contributed by atoms with Crippen molar-refractivity contribution >= 4 is 5.69 Å². The third-order valence-electron chi connectivity index (χ3n) is 3.78. The van der Waals surface area contributed by atoms with Gasteiger partial charge in [-0.1, -0.05) is 12.1 Å². The zero-order valence-corrected chi connectivity index (χ0v) is 13.8. The molecule has 26 heavy (non-hydrogen) atoms. The molecule has 0 spiro atoms. The maximum Gasteiger partial charge on any atom is 0.460 e. The summed E-state index contributed by atoms with van der Waals surface area (Å²) >= 11 is 0. The molecule has 0 radical (unpaired) electrons. The van der Waals surface area contributed by atoms with Crippen LogP contribution in [0, 0.1) is 0 Å². The van der Waals surface area contributed by atoms with Crippen molar-refractivity contribution in [2.75, 3.05) is 19.0 Å². The maximum atomic E-state index is 13.7. The van der Waals surface area contributed by atoms with E-state index in [2.05, 4.69) is 0 Å². The third-order valence-corrected chi connectivity index (χ3v) is 3.78. The zero-order valence-electron chi connectivity index (χ0n) is 13.8. The van der Waals surface area contributed by atoms with Crippen LogP contribution in [0.2, 0.25) is 0 Å². The van der Waals surface area contributed by atoms with Gasteiger partial charge in [-0.25, -0.2) is 0 Å². The van der Waals surface area contributed by atoms with Gasteiger partial charge in [0.2, 0.25) is 0 Å². The molecule has 0 saturated heterocycles. The van der Waals surface area contributed by atoms with Crippen molar-refractivity contribution in [2.45, 2.75) is 42.9 Å². The summed E-state index contributed by atoms with van der Waals surface area (Å²) in [6.45, 7) is 0.618. The van der Waals surface area contributed by atoms with Crippen LogP contribution in [0.4, 0.5) is 45.2 Å². The van der Waals surface area contributed by atoms with Gasteiger partial charge in [0.25, 0.3) is 0 Å². The van der Waals surface area contributed by atoms with Crippen molar-refractivity contribution in [2.24, 2.45) is 0 Å². The Morgan fingerprint density at radius 3 is 1.58 bits per heavy atom. The van der Waals surface area contributed by atoms with Gasteiger partial charge >= 0.3 is 23.9 Å². The van der Waals surface area contributed by atoms with Gasteiger partial charge in [0, 0.05) is 19.8 Å². The third kappa shape index (κ3) is 3.86. The van der Waals surface area contributed by atoms with E-state index in [1.165, 1.54) is 12.1 Å². The van der Waals surface area contributed by atoms with Gasteiger partial charge in [-0.3, -0.25) is 0 Å². The van der Waals surface area contributed by atoms with Crippen LogP contribution in [-0.2, 0) is 5.60 Å². The summed E-state index contributed by atoms with van der Waals surface area (Å²) in [5.74, 6) is -19.6. The summed E-state index contributed by atoms with van der Waals surface area (Å²) in [6, 6.07) is 4.80. The van der Waals surface area contributed by atoms with Crippen LogP contribution < -0.4 is 4.90 Å². The molecular formula is C15H16F9NO. The molecule has 1 atom stereocenters. The van der Waals surface area contributed by atoms with Crippen LogP contribution in [0.5, 0.6) is 0 Å². The van der Waals surface area contributed by atoms with Crippen LogP contribution in [0.15, 0.2) is 24.3 Å². The summed E-state index contributed by atoms with van der Waals surface area (Å²) in [6.07, 6.45) is -9.24. The fourth-order valence-corrected chi connectivity index (χ4v) is 2.17. The van der Waals surface area contributed by atoms with Gasteiger partial charge in [-0.15, -0.1) is 0 Å². The number of hydrogen-bond donors (Lipinski definition) is 1. The SMILES string of the molecule is CN(C)c1ccc(C(C)(O)CC(F)(F)C(F)(F)C(F)(F)C(F)(F)F)cc1. The highest BCUT2D eigenvalue weighted by Gasteiger charge is 2.81. The van der Waals surface area contributed by atoms with Crippen molar-refractivity contribution in [3.8, 4) is 0 Å². The van der Waals surface area contributed by atoms with Crippen LogP contribution in [0.3, 0.4) is 0 Å². The Hall–Kier alpha value is -1.65. The highest BCUT2D eigenvalue weighted by molar-refractivity contribution is 5.47. The molecule has 1 aromatic carbocycles. The van der Waals surface area contributed by atoms with E-state index in [9.17, 15) is 44.6 Å². The van der Waals surface area contributed by atoms with Crippen molar-refractivity contribution in [1.29, 1.82) is 0 Å². The van der Waals surface area contributed by atoms with Crippen molar-refractivity contribution in [3.05, 3.63) is 29.8 Å². The molecule has 2 nitrogen and oxygen atoms in total. The highest BCUT2D eigenvalue weighted by atomic mass is 19.4. The molecule has 1 aromatic rings. The molecule has 0 fully saturated rings. The minimum atomic E-state index is -6.98. The molecule has 11 heteroatoms. The lowest BCUT2D eigenvalue weighted by atomic mass is 9.86. The van der Waals surface area contributed by atoms with Gasteiger partial charge in [0.15, 0.2) is 0 Å². The Bertz CT molecular complexity index is 621. The van der Waals surface area contributed by atoms with Crippen LogP contribution >= 0.6 is 0 Å². The van der Waals surface area contributed by atoms with E-state index in [4.69, 9.17) is 0 Å². The number of benzene rings is 1. The number of aliphatic hydroxyl groups is 1. The Kier molecular flexibility index (Phi) is 5.60. The average molecular weight is 397 g/mol. The van der Waals surface area contributed by atoms with Crippen LogP contribution in [-0.4, -0.2) is 43.1 Å². The monoisotopic (exact) mass is 397 g/mol. The molecule has 0 aliphatic rings. The maximum absolute atomic E-state index is 13.7. The standard InChI is InChI=1S/C15H16F9NO/c1-11(26,9-4-6-10(7-5-9)25(2)3)8-12(16,17)13(18,19)14(20,21)15(22,23)24/h4-7,26H,8H2,1-3H3. The van der Waals surface area contributed by atoms with E-state index >= 15 is 0 Å². The van der Waals surface area contributed by atoms with Gasteiger partial charge in [0.1, 0.15) is 0 Å². The largest absolute Gasteiger partial charge is 0.460 e. The van der Waals surface area contributed by atoms with Crippen LogP contribution in [0.25, 0.3) is 0 Å². The molecular weight excluding hydrogens is 381 g/mol. The summed E-state index contributed by atoms with van der Waals surface area (Å²) in [7, 11) is 3.25. The normalized spacial score (nSPS) is 16.3. The molecule has 1 unspecified atom stereocenters. The van der Waals surface area contributed by atoms with Crippen molar-refractivity contribution < 1.29 is 44.6 Å². The quantitative estimate of drug-likeness (QED) is 0.696. The smallest absolute Gasteiger partial charge is 0.385 e. The van der Waals surface area contributed by atoms with Crippen LogP contribution in [0.1, 0.15) is 18.9 Å². The molecule has 0 heterocycles. The van der Waals surface area contributed by atoms with E-state index in [1.54, 1.807) is 19.0 Å². The van der Waals surface area contributed by atoms with E-state index in [1.807, 2.05) is 0 Å². The molecule has 0 saturated carbocycles. The minimum Gasteiger partial charge on any atom is -0.385 e. The topological polar surface area (TPSA) is 23.5 Å². The first-order valence-corrected chi connectivity index (χ1v) is 7.07. The highest BCUT2D eigenvalue weighted by Crippen LogP contribution is 2.55. The summed E-state index contributed by atoms with van der Waals surface area (Å²) in [4.78, 5) is 1.59. The van der Waals surface area contributed by atoms with E-state index < -0.39 is 36.0 Å². The van der Waals surface area contributed by atoms with E-state index in [0.29, 0.717) is 12.6 Å². The second-order valence-electron chi connectivity index (χ2n) is 6.24. The van der Waals surface area contributed by atoms with Gasteiger partial charge in [0.05, 0.1) is 12.0 Å². The van der Waals surface area contributed by atoms with Crippen molar-refractivity contribution in [1.82, 2.24) is 0 Å². The fourth-order valence-electron chi connectivity index (χ4n) is 2.17. The first kappa shape index (κ1) is 22.4. The first-order valence-electron chi connectivity index (χ1n) is 7.07. The Morgan fingerprint density at radius 2 is 1.23 bits per heavy atom. The molecule has 0 aliphatic carbocycles. The second-order valence-corrected chi connectivity index (χ2v) is 6.24. The summed E-state index contributed by atoms with van der Waals surface area (Å²) < 4.78 is 116. The van der Waals surface area contributed by atoms with Gasteiger partial charge in [-0.05, 0) is 24.6 Å². The lowest BCUT2D eigenvalue weighted by molar-refractivity contribution is -0.400. The predicted octanol–water partition coefficient (Wildman–Crippen LogP) is 4.82. The number of nitrogens with zero attached hydrogens (tertiary/aromatic N) is 1. The molecule has 0 aromatic heterocycles. The molecule has 150 valence electrons. The first-order chi connectivity index (χ1) is 11.4. The Labute approximate surface area is 143 Å². The number of halogens is 9. The molecule has 0 bridgehead atoms. The lowest BCUT2D eigenvalue weighted by Gasteiger charge is -2.37. The number of rotatable bonds is 6. The Balaban J connectivity index is 3.20. The molecule has 1 rings (SSSR count). The molecule has 0 amide bonds. The fraction of sp³-hybridized carbons (Fsp3) is 0.600. The molecule has 0 aliphatic heterocycles. The summed E-state index contributed by atoms with van der Waals surface area (Å²) in [5.41, 5.74) is -2.60. The second kappa shape index (κ2) is 6.50. The number of anilines is 1. The average Bonchev–Trinajstić information content (AvgIpc) is 2.44. The zero-order chi connectivity index (χ0) is 20.8. The van der Waals surface area contributed by atoms with Gasteiger partial charge in [-0.2, -0.15) is 39.5 Å².